The summed E-state index contributed by atoms with van der Waals surface area (Å²) in [5.41, 5.74) is 8.44. The summed E-state index contributed by atoms with van der Waals surface area (Å²) < 4.78 is 2.27. The zero-order chi connectivity index (χ0) is 15.9. The fourth-order valence-electron chi connectivity index (χ4n) is 2.90. The molecule has 1 atom stereocenters. The van der Waals surface area contributed by atoms with E-state index in [-0.39, 0.29) is 6.04 Å². The fourth-order valence-corrected chi connectivity index (χ4v) is 5.11. The molecule has 0 spiro atoms. The third-order valence-electron chi connectivity index (χ3n) is 4.58. The molecule has 4 heteroatoms. The van der Waals surface area contributed by atoms with Crippen LogP contribution < -0.4 is 5.32 Å². The molecular weight excluding hydrogens is 410 g/mol. The van der Waals surface area contributed by atoms with Gasteiger partial charge in [-0.15, -0.1) is 11.3 Å². The molecule has 0 radical (unpaired) electrons. The lowest BCUT2D eigenvalue weighted by atomic mass is 9.86. The molecule has 1 aromatic carbocycles. The van der Waals surface area contributed by atoms with Crippen molar-refractivity contribution < 1.29 is 0 Å². The van der Waals surface area contributed by atoms with E-state index >= 15 is 0 Å². The Morgan fingerprint density at radius 2 is 1.38 bits per heavy atom. The number of halogens is 2. The first-order valence-corrected chi connectivity index (χ1v) is 9.38. The van der Waals surface area contributed by atoms with Gasteiger partial charge in [0, 0.05) is 9.35 Å². The van der Waals surface area contributed by atoms with Crippen LogP contribution in [0.2, 0.25) is 0 Å². The molecule has 0 saturated heterocycles. The molecule has 0 amide bonds. The lowest BCUT2D eigenvalue weighted by Crippen LogP contribution is -2.20. The molecule has 1 N–H and O–H groups in total. The van der Waals surface area contributed by atoms with Gasteiger partial charge in [0.1, 0.15) is 0 Å². The van der Waals surface area contributed by atoms with Crippen LogP contribution >= 0.6 is 43.2 Å². The molecule has 2 aromatic rings. The summed E-state index contributed by atoms with van der Waals surface area (Å²) in [5, 5.41) is 3.50. The highest BCUT2D eigenvalue weighted by Gasteiger charge is 2.22. The first kappa shape index (κ1) is 17.2. The molecule has 0 saturated carbocycles. The van der Waals surface area contributed by atoms with E-state index < -0.39 is 0 Å². The summed E-state index contributed by atoms with van der Waals surface area (Å²) in [5.74, 6) is 0. The number of rotatable bonds is 3. The van der Waals surface area contributed by atoms with Crippen molar-refractivity contribution in [1.82, 2.24) is 5.32 Å². The van der Waals surface area contributed by atoms with Gasteiger partial charge in [0.25, 0.3) is 0 Å². The summed E-state index contributed by atoms with van der Waals surface area (Å²) in [6.45, 7) is 11.2. The van der Waals surface area contributed by atoms with Crippen molar-refractivity contribution in [3.63, 3.8) is 0 Å². The second-order valence-electron chi connectivity index (χ2n) is 5.53. The normalized spacial score (nSPS) is 12.8. The number of nitrogens with one attached hydrogen (secondary N) is 1. The summed E-state index contributed by atoms with van der Waals surface area (Å²) in [6.07, 6.45) is 0. The van der Waals surface area contributed by atoms with Crippen LogP contribution in [-0.4, -0.2) is 7.05 Å². The van der Waals surface area contributed by atoms with Gasteiger partial charge in [-0.2, -0.15) is 0 Å². The average molecular weight is 431 g/mol. The Bertz CT molecular complexity index is 640. The van der Waals surface area contributed by atoms with Crippen molar-refractivity contribution in [3.05, 3.63) is 52.6 Å². The lowest BCUT2D eigenvalue weighted by molar-refractivity contribution is 0.692. The van der Waals surface area contributed by atoms with Crippen LogP contribution in [0.1, 0.15) is 44.3 Å². The van der Waals surface area contributed by atoms with Crippen molar-refractivity contribution in [2.45, 2.75) is 40.7 Å². The second-order valence-corrected chi connectivity index (χ2v) is 8.79. The van der Waals surface area contributed by atoms with E-state index in [4.69, 9.17) is 0 Å². The van der Waals surface area contributed by atoms with Crippen LogP contribution in [0.25, 0.3) is 0 Å². The van der Waals surface area contributed by atoms with E-state index in [0.717, 1.165) is 8.26 Å². The Balaban J connectivity index is 2.68. The van der Waals surface area contributed by atoms with Gasteiger partial charge in [-0.05, 0) is 113 Å². The number of thiophene rings is 1. The van der Waals surface area contributed by atoms with E-state index in [2.05, 4.69) is 77.9 Å². The number of benzene rings is 1. The van der Waals surface area contributed by atoms with Gasteiger partial charge in [-0.25, -0.2) is 0 Å². The number of hydrogen-bond acceptors (Lipinski definition) is 2. The van der Waals surface area contributed by atoms with Crippen LogP contribution in [0.5, 0.6) is 0 Å². The zero-order valence-corrected chi connectivity index (χ0v) is 17.3. The highest BCUT2D eigenvalue weighted by atomic mass is 79.9. The second kappa shape index (κ2) is 6.53. The predicted molar refractivity (Wildman–Crippen MR) is 101 cm³/mol. The smallest absolute Gasteiger partial charge is 0.0843 e. The summed E-state index contributed by atoms with van der Waals surface area (Å²) in [6, 6.07) is 2.44. The van der Waals surface area contributed by atoms with Gasteiger partial charge in [-0.3, -0.25) is 0 Å². The Labute approximate surface area is 148 Å². The highest BCUT2D eigenvalue weighted by molar-refractivity contribution is 9.13. The third kappa shape index (κ3) is 3.00. The van der Waals surface area contributed by atoms with Crippen molar-refractivity contribution in [3.8, 4) is 0 Å². The molecule has 0 aliphatic heterocycles. The van der Waals surface area contributed by atoms with Gasteiger partial charge in [0.05, 0.1) is 9.83 Å². The van der Waals surface area contributed by atoms with Crippen LogP contribution in [0, 0.1) is 34.6 Å². The van der Waals surface area contributed by atoms with Gasteiger partial charge in [-0.1, -0.05) is 0 Å². The lowest BCUT2D eigenvalue weighted by Gasteiger charge is -2.25. The van der Waals surface area contributed by atoms with Gasteiger partial charge < -0.3 is 5.32 Å². The van der Waals surface area contributed by atoms with E-state index in [0.29, 0.717) is 0 Å². The first-order valence-electron chi connectivity index (χ1n) is 6.98. The predicted octanol–water partition coefficient (Wildman–Crippen LogP) is 6.12. The average Bonchev–Trinajstić information content (AvgIpc) is 2.78. The first-order chi connectivity index (χ1) is 9.79. The third-order valence-corrected chi connectivity index (χ3v) is 7.91. The highest BCUT2D eigenvalue weighted by Crippen LogP contribution is 2.40. The topological polar surface area (TPSA) is 12.0 Å². The van der Waals surface area contributed by atoms with E-state index in [9.17, 15) is 0 Å². The minimum absolute atomic E-state index is 0.232. The quantitative estimate of drug-likeness (QED) is 0.617. The van der Waals surface area contributed by atoms with Crippen molar-refractivity contribution >= 4 is 43.2 Å². The van der Waals surface area contributed by atoms with Crippen molar-refractivity contribution in [2.75, 3.05) is 7.05 Å². The summed E-state index contributed by atoms with van der Waals surface area (Å²) >= 11 is 8.99. The summed E-state index contributed by atoms with van der Waals surface area (Å²) in [7, 11) is 2.04. The van der Waals surface area contributed by atoms with E-state index in [1.807, 2.05) is 7.05 Å². The van der Waals surface area contributed by atoms with Gasteiger partial charge in [0.2, 0.25) is 0 Å². The Morgan fingerprint density at radius 3 is 1.76 bits per heavy atom. The molecule has 0 aliphatic rings. The van der Waals surface area contributed by atoms with Crippen molar-refractivity contribution in [1.29, 1.82) is 0 Å². The minimum atomic E-state index is 0.232. The Morgan fingerprint density at radius 1 is 0.905 bits per heavy atom. The monoisotopic (exact) mass is 429 g/mol. The minimum Gasteiger partial charge on any atom is -0.309 e. The molecule has 1 nitrogen and oxygen atoms in total. The molecule has 0 fully saturated rings. The molecule has 1 aromatic heterocycles. The maximum atomic E-state index is 3.61. The van der Waals surface area contributed by atoms with Crippen LogP contribution in [-0.2, 0) is 0 Å². The van der Waals surface area contributed by atoms with E-state index in [1.54, 1.807) is 11.3 Å². The molecule has 0 bridgehead atoms. The van der Waals surface area contributed by atoms with Crippen LogP contribution in [0.4, 0.5) is 0 Å². The zero-order valence-electron chi connectivity index (χ0n) is 13.3. The molecular formula is C17H21Br2NS. The van der Waals surface area contributed by atoms with Crippen molar-refractivity contribution in [2.24, 2.45) is 0 Å². The molecule has 21 heavy (non-hydrogen) atoms. The molecule has 114 valence electrons. The molecule has 1 unspecified atom stereocenters. The fraction of sp³-hybridized carbons (Fsp3) is 0.412. The van der Waals surface area contributed by atoms with Gasteiger partial charge in [0.15, 0.2) is 0 Å². The van der Waals surface area contributed by atoms with Gasteiger partial charge >= 0.3 is 0 Å². The standard InChI is InChI=1S/C17H21Br2NS/c1-8-9(2)11(4)15(12(5)10(8)3)16(20-6)14-7-13(18)17(19)21-14/h7,16,20H,1-6H3. The maximum Gasteiger partial charge on any atom is 0.0843 e. The molecule has 0 aliphatic carbocycles. The number of hydrogen-bond donors (Lipinski definition) is 1. The van der Waals surface area contributed by atoms with E-state index in [1.165, 1.54) is 38.3 Å². The maximum absolute atomic E-state index is 3.61. The molecule has 2 rings (SSSR count). The molecule has 1 heterocycles. The van der Waals surface area contributed by atoms with Crippen LogP contribution in [0.15, 0.2) is 14.3 Å². The largest absolute Gasteiger partial charge is 0.309 e. The summed E-state index contributed by atoms with van der Waals surface area (Å²) in [4.78, 5) is 1.32. The Kier molecular flexibility index (Phi) is 5.35. The Hall–Kier alpha value is -0.160. The SMILES string of the molecule is CNC(c1cc(Br)c(Br)s1)c1c(C)c(C)c(C)c(C)c1C. The van der Waals surface area contributed by atoms with Crippen LogP contribution in [0.3, 0.4) is 0 Å².